The molecule has 0 saturated carbocycles. The first-order valence-corrected chi connectivity index (χ1v) is 9.41. The quantitative estimate of drug-likeness (QED) is 0.336. The molecule has 0 fully saturated rings. The highest BCUT2D eigenvalue weighted by atomic mass is 32.2. The number of hydrogen-bond acceptors (Lipinski definition) is 5. The lowest BCUT2D eigenvalue weighted by molar-refractivity contribution is -0.671. The third-order valence-electron chi connectivity index (χ3n) is 3.73. The van der Waals surface area contributed by atoms with Gasteiger partial charge in [0, 0.05) is 26.2 Å². The Morgan fingerprint density at radius 1 is 1.28 bits per heavy atom. The van der Waals surface area contributed by atoms with Gasteiger partial charge in [-0.15, -0.1) is 0 Å². The summed E-state index contributed by atoms with van der Waals surface area (Å²) < 4.78 is 35.8. The average Bonchev–Trinajstić information content (AvgIpc) is 2.96. The number of benzene rings is 1. The summed E-state index contributed by atoms with van der Waals surface area (Å²) in [5.74, 6) is 0. The molecule has 0 bridgehead atoms. The van der Waals surface area contributed by atoms with Crippen LogP contribution in [0.2, 0.25) is 0 Å². The Labute approximate surface area is 148 Å². The van der Waals surface area contributed by atoms with Gasteiger partial charge in [0.1, 0.15) is 12.4 Å². The van der Waals surface area contributed by atoms with Crippen LogP contribution in [0.1, 0.15) is 18.2 Å². The van der Waals surface area contributed by atoms with Crippen molar-refractivity contribution in [2.24, 2.45) is 17.3 Å². The van der Waals surface area contributed by atoms with Gasteiger partial charge in [-0.2, -0.15) is 18.6 Å². The van der Waals surface area contributed by atoms with Gasteiger partial charge in [0.2, 0.25) is 11.7 Å². The maximum Gasteiger partial charge on any atom is 0.307 e. The van der Waals surface area contributed by atoms with E-state index in [0.29, 0.717) is 13.0 Å². The SMILES string of the molecule is CN(C)c1ccc(N=NCCCC(n2cc[n+](C)c2)S(=O)(=O)O)cc1. The molecule has 136 valence electrons. The van der Waals surface area contributed by atoms with Gasteiger partial charge in [-0.05, 0) is 30.7 Å². The van der Waals surface area contributed by atoms with E-state index >= 15 is 0 Å². The molecule has 0 aliphatic rings. The number of nitrogens with zero attached hydrogens (tertiary/aromatic N) is 5. The summed E-state index contributed by atoms with van der Waals surface area (Å²) in [4.78, 5) is 2.00. The first-order chi connectivity index (χ1) is 11.8. The van der Waals surface area contributed by atoms with E-state index in [1.54, 1.807) is 30.3 Å². The van der Waals surface area contributed by atoms with Crippen molar-refractivity contribution in [3.8, 4) is 0 Å². The largest absolute Gasteiger partial charge is 0.378 e. The van der Waals surface area contributed by atoms with Gasteiger partial charge in [-0.25, -0.2) is 9.13 Å². The minimum Gasteiger partial charge on any atom is -0.378 e. The molecule has 0 radical (unpaired) electrons. The topological polar surface area (TPSA) is 91.1 Å². The first-order valence-electron chi connectivity index (χ1n) is 7.91. The zero-order chi connectivity index (χ0) is 18.4. The Morgan fingerprint density at radius 3 is 2.48 bits per heavy atom. The summed E-state index contributed by atoms with van der Waals surface area (Å²) in [7, 11) is 1.53. The summed E-state index contributed by atoms with van der Waals surface area (Å²) in [6.07, 6.45) is 5.70. The fraction of sp³-hybridized carbons (Fsp3) is 0.438. The smallest absolute Gasteiger partial charge is 0.307 e. The van der Waals surface area contributed by atoms with E-state index in [4.69, 9.17) is 0 Å². The monoisotopic (exact) mass is 366 g/mol. The highest BCUT2D eigenvalue weighted by Crippen LogP contribution is 2.21. The molecule has 0 spiro atoms. The Balaban J connectivity index is 1.89. The predicted molar refractivity (Wildman–Crippen MR) is 95.6 cm³/mol. The molecule has 1 aromatic heterocycles. The molecule has 1 heterocycles. The van der Waals surface area contributed by atoms with Crippen LogP contribution in [-0.4, -0.2) is 38.2 Å². The molecule has 0 amide bonds. The van der Waals surface area contributed by atoms with E-state index in [1.807, 2.05) is 43.3 Å². The lowest BCUT2D eigenvalue weighted by Gasteiger charge is -2.11. The number of rotatable bonds is 8. The molecule has 2 rings (SSSR count). The van der Waals surface area contributed by atoms with Crippen LogP contribution >= 0.6 is 0 Å². The summed E-state index contributed by atoms with van der Waals surface area (Å²) in [5.41, 5.74) is 1.82. The summed E-state index contributed by atoms with van der Waals surface area (Å²) in [6.45, 7) is 0.384. The predicted octanol–water partition coefficient (Wildman–Crippen LogP) is 2.33. The molecule has 1 aromatic carbocycles. The van der Waals surface area contributed by atoms with E-state index in [1.165, 1.54) is 4.57 Å². The molecule has 25 heavy (non-hydrogen) atoms. The van der Waals surface area contributed by atoms with Gasteiger partial charge >= 0.3 is 10.1 Å². The number of anilines is 1. The van der Waals surface area contributed by atoms with Crippen molar-refractivity contribution < 1.29 is 17.5 Å². The maximum absolute atomic E-state index is 11.6. The first kappa shape index (κ1) is 19.1. The Kier molecular flexibility index (Phi) is 6.27. The van der Waals surface area contributed by atoms with Gasteiger partial charge < -0.3 is 4.90 Å². The van der Waals surface area contributed by atoms with Crippen LogP contribution in [0.25, 0.3) is 0 Å². The average molecular weight is 366 g/mol. The van der Waals surface area contributed by atoms with Crippen LogP contribution < -0.4 is 9.47 Å². The Morgan fingerprint density at radius 2 is 1.96 bits per heavy atom. The van der Waals surface area contributed by atoms with E-state index in [0.717, 1.165) is 11.4 Å². The highest BCUT2D eigenvalue weighted by molar-refractivity contribution is 7.85. The van der Waals surface area contributed by atoms with E-state index in [-0.39, 0.29) is 6.42 Å². The van der Waals surface area contributed by atoms with Crippen molar-refractivity contribution in [3.05, 3.63) is 43.0 Å². The number of aryl methyl sites for hydroxylation is 1. The van der Waals surface area contributed by atoms with E-state index in [9.17, 15) is 13.0 Å². The van der Waals surface area contributed by atoms with Gasteiger partial charge in [-0.3, -0.25) is 4.55 Å². The Bertz CT molecular complexity index is 813. The van der Waals surface area contributed by atoms with Crippen molar-refractivity contribution >= 4 is 21.5 Å². The van der Waals surface area contributed by atoms with Gasteiger partial charge in [0.15, 0.2) is 0 Å². The highest BCUT2D eigenvalue weighted by Gasteiger charge is 2.28. The van der Waals surface area contributed by atoms with E-state index < -0.39 is 15.5 Å². The van der Waals surface area contributed by atoms with Gasteiger partial charge in [-0.1, -0.05) is 0 Å². The minimum atomic E-state index is -4.18. The molecule has 1 unspecified atom stereocenters. The number of hydrogen-bond donors (Lipinski definition) is 1. The molecule has 0 aliphatic heterocycles. The van der Waals surface area contributed by atoms with Crippen molar-refractivity contribution in [1.29, 1.82) is 0 Å². The summed E-state index contributed by atoms with van der Waals surface area (Å²) >= 11 is 0. The van der Waals surface area contributed by atoms with Gasteiger partial charge in [0.25, 0.3) is 0 Å². The standard InChI is InChI=1S/C16H23N5O3S/c1-19(2)15-8-6-14(7-9-15)18-17-10-4-5-16(25(22,23)24)21-12-11-20(3)13-21/h6-9,11-13,16H,4-5,10H2,1-3H3/p+1. The fourth-order valence-corrected chi connectivity index (χ4v) is 3.27. The van der Waals surface area contributed by atoms with Crippen LogP contribution in [0.5, 0.6) is 0 Å². The molecule has 1 N–H and O–H groups in total. The lowest BCUT2D eigenvalue weighted by Crippen LogP contribution is -2.26. The second-order valence-corrected chi connectivity index (χ2v) is 7.59. The molecule has 2 aromatic rings. The number of aromatic nitrogens is 2. The van der Waals surface area contributed by atoms with E-state index in [2.05, 4.69) is 10.2 Å². The van der Waals surface area contributed by atoms with Crippen molar-refractivity contribution in [1.82, 2.24) is 4.57 Å². The van der Waals surface area contributed by atoms with Crippen LogP contribution in [0.15, 0.2) is 53.2 Å². The van der Waals surface area contributed by atoms with Crippen LogP contribution in [0.3, 0.4) is 0 Å². The Hall–Kier alpha value is -2.26. The lowest BCUT2D eigenvalue weighted by atomic mass is 10.3. The second kappa shape index (κ2) is 8.21. The molecule has 1 atom stereocenters. The third-order valence-corrected chi connectivity index (χ3v) is 4.89. The van der Waals surface area contributed by atoms with Crippen molar-refractivity contribution in [2.45, 2.75) is 18.2 Å². The van der Waals surface area contributed by atoms with Crippen LogP contribution in [-0.2, 0) is 17.2 Å². The minimum absolute atomic E-state index is 0.256. The molecular weight excluding hydrogens is 342 g/mol. The zero-order valence-electron chi connectivity index (χ0n) is 14.6. The van der Waals surface area contributed by atoms with Crippen LogP contribution in [0.4, 0.5) is 11.4 Å². The molecule has 0 saturated heterocycles. The van der Waals surface area contributed by atoms with Crippen LogP contribution in [0, 0.1) is 0 Å². The van der Waals surface area contributed by atoms with Crippen molar-refractivity contribution in [2.75, 3.05) is 25.5 Å². The van der Waals surface area contributed by atoms with Gasteiger partial charge in [0.05, 0.1) is 19.3 Å². The molecule has 9 heteroatoms. The molecule has 0 aliphatic carbocycles. The summed E-state index contributed by atoms with van der Waals surface area (Å²) in [6, 6.07) is 7.66. The molecular formula is C16H24N5O3S+. The molecule has 8 nitrogen and oxygen atoms in total. The maximum atomic E-state index is 11.6. The second-order valence-electron chi connectivity index (χ2n) is 6.01. The number of imidazole rings is 1. The normalized spacial score (nSPS) is 13.3. The zero-order valence-corrected chi connectivity index (χ0v) is 15.5. The summed E-state index contributed by atoms with van der Waals surface area (Å²) in [5, 5.41) is 7.20. The van der Waals surface area contributed by atoms with Crippen molar-refractivity contribution in [3.63, 3.8) is 0 Å². The third kappa shape index (κ3) is 5.64. The fourth-order valence-electron chi connectivity index (χ4n) is 2.38. The number of azo groups is 1.